The van der Waals surface area contributed by atoms with Crippen LogP contribution in [0.15, 0.2) is 18.2 Å². The van der Waals surface area contributed by atoms with Crippen LogP contribution < -0.4 is 5.32 Å². The van der Waals surface area contributed by atoms with Crippen LogP contribution in [0.2, 0.25) is 10.0 Å². The van der Waals surface area contributed by atoms with Crippen LogP contribution in [0.3, 0.4) is 0 Å². The number of halogens is 2. The Balaban J connectivity index is 1.78. The third-order valence-corrected chi connectivity index (χ3v) is 4.81. The molecule has 1 aliphatic heterocycles. The molecule has 0 aromatic heterocycles. The van der Waals surface area contributed by atoms with E-state index >= 15 is 0 Å². The molecular weight excluding hydrogens is 361 g/mol. The van der Waals surface area contributed by atoms with E-state index in [0.717, 1.165) is 31.9 Å². The number of hydrogen-bond donors (Lipinski definition) is 1. The number of rotatable bonds is 7. The molecule has 25 heavy (non-hydrogen) atoms. The average Bonchev–Trinajstić information content (AvgIpc) is 2.53. The molecule has 1 saturated heterocycles. The summed E-state index contributed by atoms with van der Waals surface area (Å²) in [5, 5.41) is 4.25. The van der Waals surface area contributed by atoms with Gasteiger partial charge in [0.1, 0.15) is 0 Å². The van der Waals surface area contributed by atoms with Gasteiger partial charge in [-0.25, -0.2) is 0 Å². The Morgan fingerprint density at radius 2 is 1.84 bits per heavy atom. The second-order valence-corrected chi connectivity index (χ2v) is 8.01. The lowest BCUT2D eigenvalue weighted by atomic mass is 10.0. The minimum atomic E-state index is -0.0848. The first kappa shape index (κ1) is 20.5. The number of benzene rings is 1. The molecule has 0 bridgehead atoms. The quantitative estimate of drug-likeness (QED) is 0.780. The van der Waals surface area contributed by atoms with Gasteiger partial charge in [-0.15, -0.1) is 0 Å². The summed E-state index contributed by atoms with van der Waals surface area (Å²) >= 11 is 12.0. The van der Waals surface area contributed by atoms with Gasteiger partial charge in [0.15, 0.2) is 0 Å². The molecule has 7 heteroatoms. The van der Waals surface area contributed by atoms with E-state index < -0.39 is 0 Å². The van der Waals surface area contributed by atoms with Crippen molar-refractivity contribution in [2.75, 3.05) is 46.4 Å². The fourth-order valence-electron chi connectivity index (χ4n) is 2.97. The number of morpholine rings is 1. The molecule has 0 unspecified atom stereocenters. The summed E-state index contributed by atoms with van der Waals surface area (Å²) in [4.78, 5) is 16.6. The number of nitrogens with one attached hydrogen (secondary N) is 1. The molecule has 140 valence electrons. The summed E-state index contributed by atoms with van der Waals surface area (Å²) in [6.45, 7) is 9.15. The fraction of sp³-hybridized carbons (Fsp3) is 0.611. The summed E-state index contributed by atoms with van der Waals surface area (Å²) in [7, 11) is 1.90. The van der Waals surface area contributed by atoms with Gasteiger partial charge in [-0.1, -0.05) is 23.2 Å². The van der Waals surface area contributed by atoms with Crippen LogP contribution in [0, 0.1) is 0 Å². The monoisotopic (exact) mass is 387 g/mol. The van der Waals surface area contributed by atoms with Crippen molar-refractivity contribution >= 4 is 29.1 Å². The molecule has 0 aliphatic carbocycles. The zero-order valence-corrected chi connectivity index (χ0v) is 16.7. The summed E-state index contributed by atoms with van der Waals surface area (Å²) in [5.41, 5.74) is 0.903. The Bertz CT molecular complexity index is 569. The second-order valence-electron chi connectivity index (χ2n) is 7.14. The molecule has 1 aliphatic rings. The molecule has 1 heterocycles. The van der Waals surface area contributed by atoms with E-state index in [0.29, 0.717) is 29.7 Å². The Morgan fingerprint density at radius 3 is 2.44 bits per heavy atom. The second kappa shape index (κ2) is 9.19. The minimum Gasteiger partial charge on any atom is -0.379 e. The molecular formula is C18H27Cl2N3O2. The van der Waals surface area contributed by atoms with E-state index in [1.165, 1.54) is 0 Å². The molecule has 1 amide bonds. The molecule has 0 radical (unpaired) electrons. The van der Waals surface area contributed by atoms with E-state index in [1.54, 1.807) is 6.07 Å². The normalized spacial score (nSPS) is 16.2. The van der Waals surface area contributed by atoms with Crippen molar-refractivity contribution in [3.05, 3.63) is 33.8 Å². The van der Waals surface area contributed by atoms with Gasteiger partial charge in [-0.2, -0.15) is 0 Å². The molecule has 0 saturated carbocycles. The van der Waals surface area contributed by atoms with Gasteiger partial charge >= 0.3 is 0 Å². The van der Waals surface area contributed by atoms with E-state index in [9.17, 15) is 4.79 Å². The molecule has 2 rings (SSSR count). The van der Waals surface area contributed by atoms with E-state index in [-0.39, 0.29) is 11.4 Å². The zero-order valence-electron chi connectivity index (χ0n) is 15.1. The van der Waals surface area contributed by atoms with Gasteiger partial charge in [-0.3, -0.25) is 14.6 Å². The Kier molecular flexibility index (Phi) is 7.52. The number of ether oxygens (including phenoxy) is 1. The number of likely N-dealkylation sites (N-methyl/N-ethyl adjacent to an activating group) is 1. The Morgan fingerprint density at radius 1 is 1.24 bits per heavy atom. The van der Waals surface area contributed by atoms with Gasteiger partial charge in [0.2, 0.25) is 5.91 Å². The molecule has 1 aromatic rings. The van der Waals surface area contributed by atoms with Crippen LogP contribution in [0.1, 0.15) is 19.4 Å². The highest BCUT2D eigenvalue weighted by Gasteiger charge is 2.28. The number of nitrogens with zero attached hydrogens (tertiary/aromatic N) is 2. The van der Waals surface area contributed by atoms with Crippen molar-refractivity contribution in [3.8, 4) is 0 Å². The molecule has 0 spiro atoms. The standard InChI is InChI=1S/C18H27Cl2N3O2/c1-18(2,23-4-6-25-7-5-23)13-21-17(24)12-22(3)11-14-8-15(19)10-16(20)9-14/h8-10H,4-7,11-13H2,1-3H3,(H,21,24). The molecule has 1 fully saturated rings. The third-order valence-electron chi connectivity index (χ3n) is 4.37. The van der Waals surface area contributed by atoms with Crippen LogP contribution in [-0.2, 0) is 16.1 Å². The highest BCUT2D eigenvalue weighted by atomic mass is 35.5. The lowest BCUT2D eigenvalue weighted by Gasteiger charge is -2.40. The highest BCUT2D eigenvalue weighted by Crippen LogP contribution is 2.20. The van der Waals surface area contributed by atoms with Gasteiger partial charge in [-0.05, 0) is 44.7 Å². The molecule has 1 N–H and O–H groups in total. The van der Waals surface area contributed by atoms with Crippen LogP contribution in [0.25, 0.3) is 0 Å². The lowest BCUT2D eigenvalue weighted by Crippen LogP contribution is -2.56. The van der Waals surface area contributed by atoms with Crippen LogP contribution >= 0.6 is 23.2 Å². The molecule has 0 atom stereocenters. The minimum absolute atomic E-state index is 0.0111. The smallest absolute Gasteiger partial charge is 0.234 e. The predicted octanol–water partition coefficient (Wildman–Crippen LogP) is 2.65. The summed E-state index contributed by atoms with van der Waals surface area (Å²) in [5.74, 6) is 0.0111. The number of carbonyl (C=O) groups is 1. The van der Waals surface area contributed by atoms with Gasteiger partial charge in [0.05, 0.1) is 19.8 Å². The maximum Gasteiger partial charge on any atom is 0.234 e. The average molecular weight is 388 g/mol. The van der Waals surface area contributed by atoms with Crippen molar-refractivity contribution in [2.24, 2.45) is 0 Å². The Hall–Kier alpha value is -0.850. The van der Waals surface area contributed by atoms with Crippen molar-refractivity contribution < 1.29 is 9.53 Å². The largest absolute Gasteiger partial charge is 0.379 e. The number of hydrogen-bond acceptors (Lipinski definition) is 4. The van der Waals surface area contributed by atoms with Gasteiger partial charge in [0.25, 0.3) is 0 Å². The van der Waals surface area contributed by atoms with E-state index in [4.69, 9.17) is 27.9 Å². The molecule has 1 aromatic carbocycles. The van der Waals surface area contributed by atoms with E-state index in [2.05, 4.69) is 24.1 Å². The number of carbonyl (C=O) groups excluding carboxylic acids is 1. The van der Waals surface area contributed by atoms with Crippen molar-refractivity contribution in [1.82, 2.24) is 15.1 Å². The predicted molar refractivity (Wildman–Crippen MR) is 102 cm³/mol. The van der Waals surface area contributed by atoms with E-state index in [1.807, 2.05) is 24.1 Å². The summed E-state index contributed by atoms with van der Waals surface area (Å²) in [6, 6.07) is 5.43. The maximum absolute atomic E-state index is 12.3. The van der Waals surface area contributed by atoms with Crippen LogP contribution in [0.5, 0.6) is 0 Å². The first-order valence-corrected chi connectivity index (χ1v) is 9.25. The SMILES string of the molecule is CN(CC(=O)NCC(C)(C)N1CCOCC1)Cc1cc(Cl)cc(Cl)c1. The zero-order chi connectivity index (χ0) is 18.4. The van der Waals surface area contributed by atoms with Crippen molar-refractivity contribution in [2.45, 2.75) is 25.9 Å². The first-order chi connectivity index (χ1) is 11.8. The number of amides is 1. The van der Waals surface area contributed by atoms with Crippen molar-refractivity contribution in [1.29, 1.82) is 0 Å². The lowest BCUT2D eigenvalue weighted by molar-refractivity contribution is -0.122. The topological polar surface area (TPSA) is 44.8 Å². The van der Waals surface area contributed by atoms with Gasteiger partial charge in [0, 0.05) is 41.8 Å². The van der Waals surface area contributed by atoms with Crippen LogP contribution in [0.4, 0.5) is 0 Å². The van der Waals surface area contributed by atoms with Crippen molar-refractivity contribution in [3.63, 3.8) is 0 Å². The maximum atomic E-state index is 12.3. The van der Waals surface area contributed by atoms with Crippen LogP contribution in [-0.4, -0.2) is 67.7 Å². The highest BCUT2D eigenvalue weighted by molar-refractivity contribution is 6.34. The third kappa shape index (κ3) is 6.76. The fourth-order valence-corrected chi connectivity index (χ4v) is 3.54. The Labute approximate surface area is 160 Å². The summed E-state index contributed by atoms with van der Waals surface area (Å²) < 4.78 is 5.39. The first-order valence-electron chi connectivity index (χ1n) is 8.49. The van der Waals surface area contributed by atoms with Gasteiger partial charge < -0.3 is 10.1 Å². The molecule has 5 nitrogen and oxygen atoms in total. The summed E-state index contributed by atoms with van der Waals surface area (Å²) in [6.07, 6.45) is 0.